The highest BCUT2D eigenvalue weighted by molar-refractivity contribution is 5.24. The molecule has 1 fully saturated rings. The standard InChI is InChI=1S/C16H26N2/c1-13-7-5-6-8-18(13)12-14-9-15(11-17-10-14)16(2,3)4/h9-11,13H,5-8,12H2,1-4H3/t13-/m0/s1. The lowest BCUT2D eigenvalue weighted by Gasteiger charge is -2.33. The Morgan fingerprint density at radius 2 is 2.06 bits per heavy atom. The molecule has 0 aliphatic carbocycles. The summed E-state index contributed by atoms with van der Waals surface area (Å²) in [6.07, 6.45) is 8.10. The van der Waals surface area contributed by atoms with E-state index >= 15 is 0 Å². The molecule has 1 aliphatic heterocycles. The van der Waals surface area contributed by atoms with Crippen molar-refractivity contribution in [2.24, 2.45) is 0 Å². The molecular weight excluding hydrogens is 220 g/mol. The normalized spacial score (nSPS) is 22.1. The van der Waals surface area contributed by atoms with Gasteiger partial charge in [-0.25, -0.2) is 0 Å². The van der Waals surface area contributed by atoms with Gasteiger partial charge >= 0.3 is 0 Å². The van der Waals surface area contributed by atoms with E-state index in [-0.39, 0.29) is 5.41 Å². The number of nitrogens with zero attached hydrogens (tertiary/aromatic N) is 2. The topological polar surface area (TPSA) is 16.1 Å². The summed E-state index contributed by atoms with van der Waals surface area (Å²) in [6, 6.07) is 3.05. The van der Waals surface area contributed by atoms with Gasteiger partial charge in [0.25, 0.3) is 0 Å². The van der Waals surface area contributed by atoms with E-state index < -0.39 is 0 Å². The van der Waals surface area contributed by atoms with Crippen LogP contribution in [-0.4, -0.2) is 22.5 Å². The summed E-state index contributed by atoms with van der Waals surface area (Å²) >= 11 is 0. The molecule has 0 aromatic carbocycles. The van der Waals surface area contributed by atoms with E-state index in [1.807, 2.05) is 12.4 Å². The van der Waals surface area contributed by atoms with Crippen molar-refractivity contribution in [2.45, 2.75) is 65.0 Å². The van der Waals surface area contributed by atoms with Gasteiger partial charge in [0.15, 0.2) is 0 Å². The van der Waals surface area contributed by atoms with Gasteiger partial charge in [0.1, 0.15) is 0 Å². The first kappa shape index (κ1) is 13.5. The van der Waals surface area contributed by atoms with Crippen LogP contribution in [0.15, 0.2) is 18.5 Å². The molecule has 0 amide bonds. The van der Waals surface area contributed by atoms with Gasteiger partial charge in [-0.15, -0.1) is 0 Å². The molecule has 18 heavy (non-hydrogen) atoms. The molecule has 0 spiro atoms. The Morgan fingerprint density at radius 3 is 2.72 bits per heavy atom. The number of hydrogen-bond donors (Lipinski definition) is 0. The highest BCUT2D eigenvalue weighted by Crippen LogP contribution is 2.24. The minimum absolute atomic E-state index is 0.191. The van der Waals surface area contributed by atoms with Gasteiger partial charge in [-0.3, -0.25) is 9.88 Å². The second-order valence-electron chi connectivity index (χ2n) is 6.65. The Labute approximate surface area is 111 Å². The molecular formula is C16H26N2. The van der Waals surface area contributed by atoms with Crippen molar-refractivity contribution in [3.63, 3.8) is 0 Å². The van der Waals surface area contributed by atoms with Gasteiger partial charge in [0.2, 0.25) is 0 Å². The van der Waals surface area contributed by atoms with Gasteiger partial charge in [-0.05, 0) is 42.9 Å². The summed E-state index contributed by atoms with van der Waals surface area (Å²) in [5.74, 6) is 0. The highest BCUT2D eigenvalue weighted by Gasteiger charge is 2.19. The molecule has 2 rings (SSSR count). The van der Waals surface area contributed by atoms with E-state index in [1.54, 1.807) is 0 Å². The Hall–Kier alpha value is -0.890. The summed E-state index contributed by atoms with van der Waals surface area (Å²) in [6.45, 7) is 11.4. The summed E-state index contributed by atoms with van der Waals surface area (Å²) in [7, 11) is 0. The number of pyridine rings is 1. The quantitative estimate of drug-likeness (QED) is 0.790. The molecule has 0 N–H and O–H groups in total. The lowest BCUT2D eigenvalue weighted by atomic mass is 9.87. The average molecular weight is 246 g/mol. The summed E-state index contributed by atoms with van der Waals surface area (Å²) in [4.78, 5) is 7.01. The van der Waals surface area contributed by atoms with Gasteiger partial charge < -0.3 is 0 Å². The van der Waals surface area contributed by atoms with Crippen LogP contribution in [0, 0.1) is 0 Å². The highest BCUT2D eigenvalue weighted by atomic mass is 15.2. The third kappa shape index (κ3) is 3.32. The molecule has 1 saturated heterocycles. The smallest absolute Gasteiger partial charge is 0.0313 e. The van der Waals surface area contributed by atoms with Crippen molar-refractivity contribution in [3.8, 4) is 0 Å². The fourth-order valence-corrected chi connectivity index (χ4v) is 2.61. The first-order chi connectivity index (χ1) is 8.47. The van der Waals surface area contributed by atoms with Crippen LogP contribution in [-0.2, 0) is 12.0 Å². The molecule has 0 radical (unpaired) electrons. The molecule has 1 aliphatic rings. The van der Waals surface area contributed by atoms with Crippen LogP contribution < -0.4 is 0 Å². The maximum absolute atomic E-state index is 4.41. The fourth-order valence-electron chi connectivity index (χ4n) is 2.61. The molecule has 0 saturated carbocycles. The van der Waals surface area contributed by atoms with Crippen molar-refractivity contribution in [3.05, 3.63) is 29.6 Å². The van der Waals surface area contributed by atoms with Gasteiger partial charge in [0.05, 0.1) is 0 Å². The largest absolute Gasteiger partial charge is 0.296 e. The Morgan fingerprint density at radius 1 is 1.28 bits per heavy atom. The number of likely N-dealkylation sites (tertiary alicyclic amines) is 1. The molecule has 1 aromatic heterocycles. The molecule has 1 aromatic rings. The predicted octanol–water partition coefficient (Wildman–Crippen LogP) is 3.75. The lowest BCUT2D eigenvalue weighted by Crippen LogP contribution is -2.36. The lowest BCUT2D eigenvalue weighted by molar-refractivity contribution is 0.152. The number of piperidine rings is 1. The van der Waals surface area contributed by atoms with E-state index in [9.17, 15) is 0 Å². The van der Waals surface area contributed by atoms with Crippen LogP contribution in [0.4, 0.5) is 0 Å². The molecule has 2 nitrogen and oxygen atoms in total. The van der Waals surface area contributed by atoms with Crippen molar-refractivity contribution >= 4 is 0 Å². The van der Waals surface area contributed by atoms with Crippen LogP contribution in [0.1, 0.15) is 58.1 Å². The predicted molar refractivity (Wildman–Crippen MR) is 76.7 cm³/mol. The van der Waals surface area contributed by atoms with Crippen molar-refractivity contribution in [1.29, 1.82) is 0 Å². The van der Waals surface area contributed by atoms with Gasteiger partial charge in [-0.2, -0.15) is 0 Å². The number of rotatable bonds is 2. The zero-order valence-electron chi connectivity index (χ0n) is 12.2. The third-order valence-electron chi connectivity index (χ3n) is 3.99. The molecule has 0 unspecified atom stereocenters. The number of hydrogen-bond acceptors (Lipinski definition) is 2. The van der Waals surface area contributed by atoms with E-state index in [4.69, 9.17) is 0 Å². The van der Waals surface area contributed by atoms with Crippen LogP contribution in [0.25, 0.3) is 0 Å². The average Bonchev–Trinajstić information content (AvgIpc) is 2.31. The third-order valence-corrected chi connectivity index (χ3v) is 3.99. The fraction of sp³-hybridized carbons (Fsp3) is 0.688. The Bertz CT molecular complexity index is 392. The minimum Gasteiger partial charge on any atom is -0.296 e. The van der Waals surface area contributed by atoms with E-state index in [0.29, 0.717) is 0 Å². The molecule has 1 atom stereocenters. The minimum atomic E-state index is 0.191. The first-order valence-corrected chi connectivity index (χ1v) is 7.15. The maximum Gasteiger partial charge on any atom is 0.0313 e. The molecule has 2 heterocycles. The molecule has 2 heteroatoms. The monoisotopic (exact) mass is 246 g/mol. The summed E-state index contributed by atoms with van der Waals surface area (Å²) in [5.41, 5.74) is 2.89. The molecule has 0 bridgehead atoms. The maximum atomic E-state index is 4.41. The second-order valence-corrected chi connectivity index (χ2v) is 6.65. The zero-order chi connectivity index (χ0) is 13.2. The SMILES string of the molecule is C[C@H]1CCCCN1Cc1cncc(C(C)(C)C)c1. The Kier molecular flexibility index (Phi) is 4.06. The number of aromatic nitrogens is 1. The van der Waals surface area contributed by atoms with Gasteiger partial charge in [-0.1, -0.05) is 33.3 Å². The van der Waals surface area contributed by atoms with Crippen LogP contribution in [0.3, 0.4) is 0 Å². The van der Waals surface area contributed by atoms with Crippen LogP contribution in [0.5, 0.6) is 0 Å². The van der Waals surface area contributed by atoms with Crippen LogP contribution >= 0.6 is 0 Å². The van der Waals surface area contributed by atoms with E-state index in [1.165, 1.54) is 36.9 Å². The summed E-state index contributed by atoms with van der Waals surface area (Å²) in [5, 5.41) is 0. The van der Waals surface area contributed by atoms with Gasteiger partial charge in [0, 0.05) is 25.0 Å². The van der Waals surface area contributed by atoms with Crippen molar-refractivity contribution in [1.82, 2.24) is 9.88 Å². The summed E-state index contributed by atoms with van der Waals surface area (Å²) < 4.78 is 0. The van der Waals surface area contributed by atoms with E-state index in [0.717, 1.165) is 12.6 Å². The Balaban J connectivity index is 2.09. The first-order valence-electron chi connectivity index (χ1n) is 7.15. The molecule has 100 valence electrons. The zero-order valence-corrected chi connectivity index (χ0v) is 12.2. The van der Waals surface area contributed by atoms with Crippen molar-refractivity contribution in [2.75, 3.05) is 6.54 Å². The van der Waals surface area contributed by atoms with Crippen LogP contribution in [0.2, 0.25) is 0 Å². The van der Waals surface area contributed by atoms with Crippen molar-refractivity contribution < 1.29 is 0 Å². The van der Waals surface area contributed by atoms with E-state index in [2.05, 4.69) is 43.6 Å². The second kappa shape index (κ2) is 5.40.